The predicted molar refractivity (Wildman–Crippen MR) is 69.6 cm³/mol. The van der Waals surface area contributed by atoms with Crippen LogP contribution in [0, 0.1) is 11.3 Å². The number of sulfonamides is 1. The van der Waals surface area contributed by atoms with Crippen molar-refractivity contribution < 1.29 is 8.42 Å². The summed E-state index contributed by atoms with van der Waals surface area (Å²) in [7, 11) is -3.77. The molecule has 0 aliphatic heterocycles. The highest BCUT2D eigenvalue weighted by atomic mass is 35.5. The first-order valence-electron chi connectivity index (χ1n) is 5.14. The molecule has 0 aliphatic carbocycles. The van der Waals surface area contributed by atoms with Gasteiger partial charge in [-0.2, -0.15) is 5.26 Å². The number of benzene rings is 1. The van der Waals surface area contributed by atoms with Crippen molar-refractivity contribution in [1.29, 1.82) is 5.26 Å². The Bertz CT molecular complexity index is 585. The van der Waals surface area contributed by atoms with E-state index in [0.29, 0.717) is 0 Å². The normalized spacial score (nSPS) is 12.2. The molecule has 0 unspecified atom stereocenters. The third-order valence-electron chi connectivity index (χ3n) is 2.07. The smallest absolute Gasteiger partial charge is 0.242 e. The standard InChI is InChI=1S/C11H14ClN3O2S/c1-11(2,14)7-15-18(16,17)10-5-8(6-13)3-4-9(10)12/h3-5,15H,7,14H2,1-2H3. The van der Waals surface area contributed by atoms with Crippen molar-refractivity contribution in [1.82, 2.24) is 4.72 Å². The van der Waals surface area contributed by atoms with Gasteiger partial charge in [-0.3, -0.25) is 0 Å². The van der Waals surface area contributed by atoms with Crippen molar-refractivity contribution in [3.8, 4) is 6.07 Å². The van der Waals surface area contributed by atoms with E-state index in [0.717, 1.165) is 0 Å². The number of halogens is 1. The van der Waals surface area contributed by atoms with Crippen molar-refractivity contribution in [3.05, 3.63) is 28.8 Å². The van der Waals surface area contributed by atoms with Crippen LogP contribution in [0.15, 0.2) is 23.1 Å². The van der Waals surface area contributed by atoms with E-state index in [1.54, 1.807) is 13.8 Å². The van der Waals surface area contributed by atoms with Crippen molar-refractivity contribution >= 4 is 21.6 Å². The molecule has 0 saturated heterocycles. The fourth-order valence-electron chi connectivity index (χ4n) is 1.14. The zero-order valence-electron chi connectivity index (χ0n) is 10.1. The second kappa shape index (κ2) is 5.24. The Labute approximate surface area is 112 Å². The maximum absolute atomic E-state index is 12.0. The molecule has 0 amide bonds. The average molecular weight is 288 g/mol. The van der Waals surface area contributed by atoms with Gasteiger partial charge in [0.1, 0.15) is 4.90 Å². The highest BCUT2D eigenvalue weighted by Crippen LogP contribution is 2.22. The van der Waals surface area contributed by atoms with Gasteiger partial charge in [0.05, 0.1) is 16.7 Å². The highest BCUT2D eigenvalue weighted by molar-refractivity contribution is 7.89. The topological polar surface area (TPSA) is 96.0 Å². The van der Waals surface area contributed by atoms with E-state index in [1.807, 2.05) is 6.07 Å². The van der Waals surface area contributed by atoms with Gasteiger partial charge >= 0.3 is 0 Å². The minimum absolute atomic E-state index is 0.0660. The lowest BCUT2D eigenvalue weighted by molar-refractivity contribution is 0.498. The average Bonchev–Trinajstić information content (AvgIpc) is 2.26. The van der Waals surface area contributed by atoms with E-state index < -0.39 is 15.6 Å². The molecular formula is C11H14ClN3O2S. The Hall–Kier alpha value is -1.13. The maximum atomic E-state index is 12.0. The molecule has 1 aromatic carbocycles. The van der Waals surface area contributed by atoms with E-state index in [2.05, 4.69) is 4.72 Å². The van der Waals surface area contributed by atoms with Crippen molar-refractivity contribution in [2.45, 2.75) is 24.3 Å². The molecule has 7 heteroatoms. The van der Waals surface area contributed by atoms with Gasteiger partial charge in [0.25, 0.3) is 0 Å². The molecule has 3 N–H and O–H groups in total. The largest absolute Gasteiger partial charge is 0.324 e. The summed E-state index contributed by atoms with van der Waals surface area (Å²) in [6.45, 7) is 3.47. The van der Waals surface area contributed by atoms with Crippen LogP contribution in [0.2, 0.25) is 5.02 Å². The summed E-state index contributed by atoms with van der Waals surface area (Å²) in [6.07, 6.45) is 0. The molecule has 0 saturated carbocycles. The molecule has 0 fully saturated rings. The fourth-order valence-corrected chi connectivity index (χ4v) is 2.88. The zero-order valence-corrected chi connectivity index (χ0v) is 11.6. The lowest BCUT2D eigenvalue weighted by Crippen LogP contribution is -2.45. The first-order chi connectivity index (χ1) is 8.15. The molecular weight excluding hydrogens is 274 g/mol. The van der Waals surface area contributed by atoms with Gasteiger partial charge in [-0.1, -0.05) is 11.6 Å². The zero-order chi connectivity index (χ0) is 14.0. The summed E-state index contributed by atoms with van der Waals surface area (Å²) in [6, 6.07) is 5.92. The van der Waals surface area contributed by atoms with Gasteiger partial charge in [-0.05, 0) is 32.0 Å². The number of rotatable bonds is 4. The molecule has 0 bridgehead atoms. The SMILES string of the molecule is CC(C)(N)CNS(=O)(=O)c1cc(C#N)ccc1Cl. The van der Waals surface area contributed by atoms with Crippen LogP contribution in [0.4, 0.5) is 0 Å². The molecule has 18 heavy (non-hydrogen) atoms. The number of nitrogens with one attached hydrogen (secondary N) is 1. The van der Waals surface area contributed by atoms with E-state index >= 15 is 0 Å². The second-order valence-electron chi connectivity index (χ2n) is 4.57. The summed E-state index contributed by atoms with van der Waals surface area (Å²) >= 11 is 5.83. The van der Waals surface area contributed by atoms with Gasteiger partial charge in [0.2, 0.25) is 10.0 Å². The monoisotopic (exact) mass is 287 g/mol. The Balaban J connectivity index is 3.09. The first kappa shape index (κ1) is 14.9. The quantitative estimate of drug-likeness (QED) is 0.870. The highest BCUT2D eigenvalue weighted by Gasteiger charge is 2.21. The number of nitrogens with zero attached hydrogens (tertiary/aromatic N) is 1. The Morgan fingerprint density at radius 2 is 2.11 bits per heavy atom. The number of nitriles is 1. The summed E-state index contributed by atoms with van der Waals surface area (Å²) in [4.78, 5) is -0.118. The number of hydrogen-bond acceptors (Lipinski definition) is 4. The number of nitrogens with two attached hydrogens (primary N) is 1. The van der Waals surface area contributed by atoms with Gasteiger partial charge in [0.15, 0.2) is 0 Å². The lowest BCUT2D eigenvalue weighted by Gasteiger charge is -2.19. The summed E-state index contributed by atoms with van der Waals surface area (Å²) in [5.41, 5.74) is 5.26. The molecule has 5 nitrogen and oxygen atoms in total. The molecule has 0 aromatic heterocycles. The van der Waals surface area contributed by atoms with Crippen molar-refractivity contribution in [2.24, 2.45) is 5.73 Å². The van der Waals surface area contributed by atoms with Crippen LogP contribution in [0.5, 0.6) is 0 Å². The lowest BCUT2D eigenvalue weighted by atomic mass is 10.1. The van der Waals surface area contributed by atoms with Crippen LogP contribution < -0.4 is 10.5 Å². The molecule has 0 radical (unpaired) electrons. The third kappa shape index (κ3) is 3.96. The summed E-state index contributed by atoms with van der Waals surface area (Å²) < 4.78 is 26.4. The maximum Gasteiger partial charge on any atom is 0.242 e. The molecule has 0 heterocycles. The second-order valence-corrected chi connectivity index (χ2v) is 6.71. The van der Waals surface area contributed by atoms with Gasteiger partial charge < -0.3 is 5.73 Å². The molecule has 0 aliphatic rings. The van der Waals surface area contributed by atoms with E-state index in [9.17, 15) is 8.42 Å². The van der Waals surface area contributed by atoms with Gasteiger partial charge in [0, 0.05) is 12.1 Å². The summed E-state index contributed by atoms with van der Waals surface area (Å²) in [5.74, 6) is 0. The Morgan fingerprint density at radius 3 is 2.61 bits per heavy atom. The van der Waals surface area contributed by atoms with Crippen LogP contribution in [0.3, 0.4) is 0 Å². The van der Waals surface area contributed by atoms with Gasteiger partial charge in [-0.15, -0.1) is 0 Å². The first-order valence-corrected chi connectivity index (χ1v) is 7.00. The molecule has 0 spiro atoms. The van der Waals surface area contributed by atoms with Crippen LogP contribution >= 0.6 is 11.6 Å². The van der Waals surface area contributed by atoms with E-state index in [-0.39, 0.29) is 22.0 Å². The summed E-state index contributed by atoms with van der Waals surface area (Å²) in [5, 5.41) is 8.82. The molecule has 0 atom stereocenters. The minimum atomic E-state index is -3.77. The molecule has 1 aromatic rings. The Kier molecular flexibility index (Phi) is 4.35. The third-order valence-corrected chi connectivity index (χ3v) is 3.95. The van der Waals surface area contributed by atoms with Crippen LogP contribution in [-0.4, -0.2) is 20.5 Å². The van der Waals surface area contributed by atoms with E-state index in [1.165, 1.54) is 18.2 Å². The Morgan fingerprint density at radius 1 is 1.50 bits per heavy atom. The fraction of sp³-hybridized carbons (Fsp3) is 0.364. The minimum Gasteiger partial charge on any atom is -0.324 e. The van der Waals surface area contributed by atoms with E-state index in [4.69, 9.17) is 22.6 Å². The van der Waals surface area contributed by atoms with Crippen LogP contribution in [-0.2, 0) is 10.0 Å². The number of hydrogen-bond donors (Lipinski definition) is 2. The van der Waals surface area contributed by atoms with Crippen LogP contribution in [0.1, 0.15) is 19.4 Å². The predicted octanol–water partition coefficient (Wildman–Crippen LogP) is 1.23. The molecule has 1 rings (SSSR count). The van der Waals surface area contributed by atoms with Crippen molar-refractivity contribution in [3.63, 3.8) is 0 Å². The van der Waals surface area contributed by atoms with Gasteiger partial charge in [-0.25, -0.2) is 13.1 Å². The molecule has 98 valence electrons. The van der Waals surface area contributed by atoms with Crippen molar-refractivity contribution in [2.75, 3.05) is 6.54 Å². The van der Waals surface area contributed by atoms with Crippen LogP contribution in [0.25, 0.3) is 0 Å².